The van der Waals surface area contributed by atoms with Crippen LogP contribution in [-0.2, 0) is 28.6 Å². The number of allylic oxidation sites excluding steroid dienone is 18. The first-order valence-corrected chi connectivity index (χ1v) is 30.9. The number of carbonyl (C=O) groups excluding carboxylic acids is 3. The second kappa shape index (κ2) is 61.6. The molecule has 6 heteroatoms. The predicted octanol–water partition coefficient (Wildman–Crippen LogP) is 21.0. The summed E-state index contributed by atoms with van der Waals surface area (Å²) < 4.78 is 16.8. The van der Waals surface area contributed by atoms with Crippen LogP contribution in [0.5, 0.6) is 0 Å². The zero-order chi connectivity index (χ0) is 53.6. The molecule has 0 aliphatic heterocycles. The summed E-state index contributed by atoms with van der Waals surface area (Å²) in [4.78, 5) is 38.1. The van der Waals surface area contributed by atoms with E-state index in [9.17, 15) is 14.4 Å². The molecule has 74 heavy (non-hydrogen) atoms. The third-order valence-electron chi connectivity index (χ3n) is 13.0. The Morgan fingerprint density at radius 2 is 0.554 bits per heavy atom. The normalized spacial score (nSPS) is 12.9. The van der Waals surface area contributed by atoms with Crippen LogP contribution in [0.2, 0.25) is 0 Å². The zero-order valence-corrected chi connectivity index (χ0v) is 48.3. The lowest BCUT2D eigenvalue weighted by molar-refractivity contribution is -0.167. The number of carbonyl (C=O) groups is 3. The first-order chi connectivity index (χ1) is 36.5. The van der Waals surface area contributed by atoms with Gasteiger partial charge >= 0.3 is 17.9 Å². The van der Waals surface area contributed by atoms with Gasteiger partial charge in [0, 0.05) is 19.3 Å². The SMILES string of the molecule is CC/C=C\C/C=C\C/C=C\C/C=C\C/C=C\C/C=C\C/C=C\C/C=C\CCCCC(=O)OCC(COC(=O)CCCCCCC/C=C\CCC)OC(=O)CCCCCCCCCCCCCCCCCCCCC. The minimum Gasteiger partial charge on any atom is -0.462 e. The van der Waals surface area contributed by atoms with Gasteiger partial charge < -0.3 is 14.2 Å². The Hall–Kier alpha value is -3.93. The Kier molecular flexibility index (Phi) is 58.3. The van der Waals surface area contributed by atoms with Crippen molar-refractivity contribution >= 4 is 17.9 Å². The lowest BCUT2D eigenvalue weighted by Crippen LogP contribution is -2.30. The van der Waals surface area contributed by atoms with E-state index in [-0.39, 0.29) is 31.1 Å². The smallest absolute Gasteiger partial charge is 0.306 e. The van der Waals surface area contributed by atoms with Gasteiger partial charge in [0.1, 0.15) is 13.2 Å². The fourth-order valence-corrected chi connectivity index (χ4v) is 8.40. The van der Waals surface area contributed by atoms with Gasteiger partial charge in [-0.15, -0.1) is 0 Å². The molecule has 0 bridgehead atoms. The van der Waals surface area contributed by atoms with Crippen LogP contribution in [0.1, 0.15) is 284 Å². The molecule has 0 heterocycles. The van der Waals surface area contributed by atoms with Gasteiger partial charge in [0.2, 0.25) is 0 Å². The highest BCUT2D eigenvalue weighted by Crippen LogP contribution is 2.16. The molecule has 1 atom stereocenters. The molecular weight excluding hydrogens is 913 g/mol. The van der Waals surface area contributed by atoms with Crippen LogP contribution in [0.4, 0.5) is 0 Å². The van der Waals surface area contributed by atoms with Crippen LogP contribution < -0.4 is 0 Å². The average Bonchev–Trinajstić information content (AvgIpc) is 3.40. The minimum atomic E-state index is -0.799. The van der Waals surface area contributed by atoms with Gasteiger partial charge in [0.25, 0.3) is 0 Å². The van der Waals surface area contributed by atoms with Crippen LogP contribution in [-0.4, -0.2) is 37.2 Å². The van der Waals surface area contributed by atoms with E-state index in [4.69, 9.17) is 14.2 Å². The average molecular weight is 1030 g/mol. The fraction of sp³-hybridized carbons (Fsp3) is 0.691. The van der Waals surface area contributed by atoms with E-state index < -0.39 is 6.10 Å². The molecule has 0 rings (SSSR count). The van der Waals surface area contributed by atoms with Crippen molar-refractivity contribution < 1.29 is 28.6 Å². The fourth-order valence-electron chi connectivity index (χ4n) is 8.40. The Balaban J connectivity index is 4.36. The third-order valence-corrected chi connectivity index (χ3v) is 13.0. The zero-order valence-electron chi connectivity index (χ0n) is 48.3. The van der Waals surface area contributed by atoms with Crippen molar-refractivity contribution in [3.63, 3.8) is 0 Å². The van der Waals surface area contributed by atoms with Gasteiger partial charge in [-0.05, 0) is 103 Å². The van der Waals surface area contributed by atoms with Crippen molar-refractivity contribution in [2.75, 3.05) is 13.2 Å². The number of esters is 3. The lowest BCUT2D eigenvalue weighted by atomic mass is 10.0. The van der Waals surface area contributed by atoms with E-state index >= 15 is 0 Å². The molecule has 6 nitrogen and oxygen atoms in total. The van der Waals surface area contributed by atoms with Crippen LogP contribution in [0, 0.1) is 0 Å². The van der Waals surface area contributed by atoms with Crippen LogP contribution in [0.25, 0.3) is 0 Å². The monoisotopic (exact) mass is 1030 g/mol. The standard InChI is InChI=1S/C68H114O6/c1-4-7-10-13-16-19-22-24-26-28-30-31-32-33-34-35-36-37-39-40-42-44-46-49-52-55-58-61-67(70)73-64-65(63-72-66(69)60-57-54-51-48-21-18-15-12-9-6-3)74-68(71)62-59-56-53-50-47-45-43-41-38-29-27-25-23-20-17-14-11-8-5-2/h7,10,12,15-16,19,24,26,30-31,33-34,36-37,40,42,46,49,65H,4-6,8-9,11,13-14,17-18,20-23,25,27-29,32,35,38-39,41,43-45,47-48,50-64H2,1-3H3/b10-7-,15-12-,19-16-,26-24-,31-30-,34-33-,37-36-,42-40-,49-46-. The second-order valence-corrected chi connectivity index (χ2v) is 20.2. The Morgan fingerprint density at radius 1 is 0.284 bits per heavy atom. The summed E-state index contributed by atoms with van der Waals surface area (Å²) in [5.41, 5.74) is 0. The first-order valence-electron chi connectivity index (χ1n) is 30.9. The number of hydrogen-bond donors (Lipinski definition) is 0. The molecule has 0 radical (unpaired) electrons. The molecule has 0 saturated heterocycles. The highest BCUT2D eigenvalue weighted by Gasteiger charge is 2.19. The van der Waals surface area contributed by atoms with E-state index in [1.54, 1.807) is 0 Å². The first kappa shape index (κ1) is 70.1. The molecule has 0 aromatic heterocycles. The molecule has 0 amide bonds. The van der Waals surface area contributed by atoms with E-state index in [0.717, 1.165) is 128 Å². The Morgan fingerprint density at radius 3 is 0.919 bits per heavy atom. The maximum atomic E-state index is 12.9. The predicted molar refractivity (Wildman–Crippen MR) is 320 cm³/mol. The molecule has 422 valence electrons. The molecular formula is C68H114O6. The van der Waals surface area contributed by atoms with Crippen molar-refractivity contribution in [1.82, 2.24) is 0 Å². The number of hydrogen-bond acceptors (Lipinski definition) is 6. The summed E-state index contributed by atoms with van der Waals surface area (Å²) in [5.74, 6) is -0.945. The van der Waals surface area contributed by atoms with E-state index in [2.05, 4.69) is 130 Å². The van der Waals surface area contributed by atoms with Crippen molar-refractivity contribution in [3.05, 3.63) is 109 Å². The minimum absolute atomic E-state index is 0.0955. The van der Waals surface area contributed by atoms with Crippen molar-refractivity contribution in [3.8, 4) is 0 Å². The summed E-state index contributed by atoms with van der Waals surface area (Å²) in [6.45, 7) is 6.44. The molecule has 0 N–H and O–H groups in total. The molecule has 0 saturated carbocycles. The quantitative estimate of drug-likeness (QED) is 0.0261. The molecule has 0 aliphatic carbocycles. The molecule has 0 fully saturated rings. The Bertz CT molecular complexity index is 1510. The highest BCUT2D eigenvalue weighted by molar-refractivity contribution is 5.71. The van der Waals surface area contributed by atoms with E-state index in [0.29, 0.717) is 19.3 Å². The topological polar surface area (TPSA) is 78.9 Å². The summed E-state index contributed by atoms with van der Waals surface area (Å²) in [6.07, 6.45) is 83.9. The van der Waals surface area contributed by atoms with Gasteiger partial charge in [-0.3, -0.25) is 14.4 Å². The molecule has 1 unspecified atom stereocenters. The van der Waals surface area contributed by atoms with Crippen LogP contribution in [0.15, 0.2) is 109 Å². The number of rotatable bonds is 55. The van der Waals surface area contributed by atoms with Gasteiger partial charge in [-0.25, -0.2) is 0 Å². The molecule has 0 spiro atoms. The van der Waals surface area contributed by atoms with Gasteiger partial charge in [-0.2, -0.15) is 0 Å². The second-order valence-electron chi connectivity index (χ2n) is 20.2. The van der Waals surface area contributed by atoms with Gasteiger partial charge in [0.15, 0.2) is 6.10 Å². The van der Waals surface area contributed by atoms with E-state index in [1.165, 1.54) is 116 Å². The van der Waals surface area contributed by atoms with Crippen LogP contribution >= 0.6 is 0 Å². The molecule has 0 aliphatic rings. The lowest BCUT2D eigenvalue weighted by Gasteiger charge is -2.18. The van der Waals surface area contributed by atoms with Crippen molar-refractivity contribution in [1.29, 1.82) is 0 Å². The highest BCUT2D eigenvalue weighted by atomic mass is 16.6. The summed E-state index contributed by atoms with van der Waals surface area (Å²) in [7, 11) is 0. The summed E-state index contributed by atoms with van der Waals surface area (Å²) in [6, 6.07) is 0. The van der Waals surface area contributed by atoms with Crippen molar-refractivity contribution in [2.45, 2.75) is 290 Å². The van der Waals surface area contributed by atoms with Gasteiger partial charge in [-0.1, -0.05) is 271 Å². The van der Waals surface area contributed by atoms with Crippen molar-refractivity contribution in [2.24, 2.45) is 0 Å². The largest absolute Gasteiger partial charge is 0.462 e. The van der Waals surface area contributed by atoms with E-state index in [1.807, 2.05) is 0 Å². The number of ether oxygens (including phenoxy) is 3. The number of unbranched alkanes of at least 4 members (excludes halogenated alkanes) is 26. The summed E-state index contributed by atoms with van der Waals surface area (Å²) >= 11 is 0. The molecule has 0 aromatic carbocycles. The molecule has 0 aromatic rings. The van der Waals surface area contributed by atoms with Crippen LogP contribution in [0.3, 0.4) is 0 Å². The Labute approximate surface area is 457 Å². The van der Waals surface area contributed by atoms with Gasteiger partial charge in [0.05, 0.1) is 0 Å². The maximum Gasteiger partial charge on any atom is 0.306 e. The third kappa shape index (κ3) is 59.0. The summed E-state index contributed by atoms with van der Waals surface area (Å²) in [5, 5.41) is 0. The maximum absolute atomic E-state index is 12.9.